The third-order valence-corrected chi connectivity index (χ3v) is 5.95. The molecule has 0 bridgehead atoms. The molecule has 2 rings (SSSR count). The van der Waals surface area contributed by atoms with E-state index >= 15 is 0 Å². The Labute approximate surface area is 111 Å². The lowest BCUT2D eigenvalue weighted by Gasteiger charge is -2.41. The van der Waals surface area contributed by atoms with Gasteiger partial charge in [0, 0.05) is 30.1 Å². The monoisotopic (exact) mass is 256 g/mol. The van der Waals surface area contributed by atoms with Gasteiger partial charge in [-0.2, -0.15) is 11.8 Å². The zero-order valence-corrected chi connectivity index (χ0v) is 12.2. The molecule has 0 aromatic carbocycles. The van der Waals surface area contributed by atoms with E-state index in [1.54, 1.807) is 0 Å². The van der Waals surface area contributed by atoms with Crippen LogP contribution in [0, 0.1) is 11.8 Å². The van der Waals surface area contributed by atoms with E-state index in [0.29, 0.717) is 12.1 Å². The summed E-state index contributed by atoms with van der Waals surface area (Å²) in [5, 5.41) is 0. The van der Waals surface area contributed by atoms with Crippen molar-refractivity contribution in [1.29, 1.82) is 0 Å². The standard InChI is InChI=1S/C14H28N2S/c1-3-11-4-6-12(7-5-11)14(15)13-10-17-9-8-16(13)2/h11-14H,3-10,15H2,1-2H3. The Kier molecular flexibility index (Phi) is 5.19. The third kappa shape index (κ3) is 3.39. The van der Waals surface area contributed by atoms with E-state index in [2.05, 4.69) is 30.6 Å². The molecule has 1 saturated carbocycles. The van der Waals surface area contributed by atoms with Crippen LogP contribution in [0.4, 0.5) is 0 Å². The Morgan fingerprint density at radius 3 is 2.59 bits per heavy atom. The second-order valence-electron chi connectivity index (χ2n) is 5.89. The minimum Gasteiger partial charge on any atom is -0.326 e. The van der Waals surface area contributed by atoms with E-state index in [1.165, 1.54) is 50.2 Å². The summed E-state index contributed by atoms with van der Waals surface area (Å²) < 4.78 is 0. The zero-order valence-electron chi connectivity index (χ0n) is 11.4. The second-order valence-corrected chi connectivity index (χ2v) is 7.04. The zero-order chi connectivity index (χ0) is 12.3. The fraction of sp³-hybridized carbons (Fsp3) is 1.00. The number of nitrogens with zero attached hydrogens (tertiary/aromatic N) is 1. The Bertz CT molecular complexity index is 226. The Hall–Kier alpha value is 0.270. The number of nitrogens with two attached hydrogens (primary N) is 1. The molecule has 100 valence electrons. The van der Waals surface area contributed by atoms with Crippen LogP contribution in [-0.2, 0) is 0 Å². The SMILES string of the molecule is CCC1CCC(C(N)C2CSCCN2C)CC1. The average molecular weight is 256 g/mol. The highest BCUT2D eigenvalue weighted by Crippen LogP contribution is 2.34. The van der Waals surface area contributed by atoms with Gasteiger partial charge in [0.15, 0.2) is 0 Å². The summed E-state index contributed by atoms with van der Waals surface area (Å²) in [5.41, 5.74) is 6.55. The summed E-state index contributed by atoms with van der Waals surface area (Å²) in [5.74, 6) is 4.29. The first-order valence-corrected chi connectivity index (χ1v) is 8.41. The van der Waals surface area contributed by atoms with Gasteiger partial charge in [0.25, 0.3) is 0 Å². The van der Waals surface area contributed by atoms with Gasteiger partial charge in [-0.25, -0.2) is 0 Å². The van der Waals surface area contributed by atoms with Crippen LogP contribution in [0.25, 0.3) is 0 Å². The van der Waals surface area contributed by atoms with Gasteiger partial charge in [-0.15, -0.1) is 0 Å². The first kappa shape index (κ1) is 13.7. The van der Waals surface area contributed by atoms with Crippen LogP contribution in [0.1, 0.15) is 39.0 Å². The maximum absolute atomic E-state index is 6.55. The normalized spacial score (nSPS) is 37.9. The highest BCUT2D eigenvalue weighted by atomic mass is 32.2. The van der Waals surface area contributed by atoms with Gasteiger partial charge in [0.05, 0.1) is 0 Å². The van der Waals surface area contributed by atoms with Crippen LogP contribution in [-0.4, -0.2) is 42.1 Å². The topological polar surface area (TPSA) is 29.3 Å². The van der Waals surface area contributed by atoms with Crippen molar-refractivity contribution in [3.63, 3.8) is 0 Å². The number of rotatable bonds is 3. The van der Waals surface area contributed by atoms with Crippen LogP contribution in [0.2, 0.25) is 0 Å². The smallest absolute Gasteiger partial charge is 0.0337 e. The fourth-order valence-electron chi connectivity index (χ4n) is 3.41. The van der Waals surface area contributed by atoms with Gasteiger partial charge in [0.2, 0.25) is 0 Å². The van der Waals surface area contributed by atoms with Gasteiger partial charge in [0.1, 0.15) is 0 Å². The molecular weight excluding hydrogens is 228 g/mol. The van der Waals surface area contributed by atoms with Crippen molar-refractivity contribution in [2.75, 3.05) is 25.1 Å². The fourth-order valence-corrected chi connectivity index (χ4v) is 4.71. The van der Waals surface area contributed by atoms with E-state index in [-0.39, 0.29) is 0 Å². The van der Waals surface area contributed by atoms with Crippen molar-refractivity contribution in [2.45, 2.75) is 51.1 Å². The summed E-state index contributed by atoms with van der Waals surface area (Å²) in [6, 6.07) is 1.03. The van der Waals surface area contributed by atoms with Crippen molar-refractivity contribution < 1.29 is 0 Å². The van der Waals surface area contributed by atoms with Gasteiger partial charge in [-0.05, 0) is 31.7 Å². The molecule has 17 heavy (non-hydrogen) atoms. The number of hydrogen-bond acceptors (Lipinski definition) is 3. The molecule has 2 aliphatic rings. The number of hydrogen-bond donors (Lipinski definition) is 1. The maximum atomic E-state index is 6.55. The predicted octanol–water partition coefficient (Wildman–Crippen LogP) is 2.58. The van der Waals surface area contributed by atoms with Crippen LogP contribution in [0.5, 0.6) is 0 Å². The predicted molar refractivity (Wildman–Crippen MR) is 77.5 cm³/mol. The lowest BCUT2D eigenvalue weighted by Crippen LogP contribution is -2.54. The van der Waals surface area contributed by atoms with E-state index in [0.717, 1.165) is 11.8 Å². The average Bonchev–Trinajstić information content (AvgIpc) is 2.39. The highest BCUT2D eigenvalue weighted by Gasteiger charge is 2.33. The lowest BCUT2D eigenvalue weighted by molar-refractivity contribution is 0.159. The molecule has 2 atom stereocenters. The molecule has 0 radical (unpaired) electrons. The Morgan fingerprint density at radius 2 is 2.00 bits per heavy atom. The summed E-state index contributed by atoms with van der Waals surface area (Å²) in [7, 11) is 2.25. The molecule has 2 fully saturated rings. The highest BCUT2D eigenvalue weighted by molar-refractivity contribution is 7.99. The van der Waals surface area contributed by atoms with Crippen molar-refractivity contribution in [2.24, 2.45) is 17.6 Å². The molecule has 0 aromatic heterocycles. The largest absolute Gasteiger partial charge is 0.326 e. The van der Waals surface area contributed by atoms with E-state index in [1.807, 2.05) is 0 Å². The maximum Gasteiger partial charge on any atom is 0.0337 e. The minimum atomic E-state index is 0.408. The Morgan fingerprint density at radius 1 is 1.29 bits per heavy atom. The molecule has 3 heteroatoms. The van der Waals surface area contributed by atoms with E-state index in [4.69, 9.17) is 5.73 Å². The number of thioether (sulfide) groups is 1. The first-order valence-electron chi connectivity index (χ1n) is 7.26. The van der Waals surface area contributed by atoms with Gasteiger partial charge in [-0.3, -0.25) is 0 Å². The molecule has 2 unspecified atom stereocenters. The van der Waals surface area contributed by atoms with E-state index < -0.39 is 0 Å². The van der Waals surface area contributed by atoms with Crippen molar-refractivity contribution in [3.8, 4) is 0 Å². The molecular formula is C14H28N2S. The van der Waals surface area contributed by atoms with Crippen LogP contribution < -0.4 is 5.73 Å². The summed E-state index contributed by atoms with van der Waals surface area (Å²) in [6.45, 7) is 3.55. The molecule has 0 amide bonds. The molecule has 1 aliphatic heterocycles. The molecule has 2 nitrogen and oxygen atoms in total. The van der Waals surface area contributed by atoms with E-state index in [9.17, 15) is 0 Å². The molecule has 1 aliphatic carbocycles. The molecule has 0 aromatic rings. The molecule has 1 heterocycles. The minimum absolute atomic E-state index is 0.408. The summed E-state index contributed by atoms with van der Waals surface area (Å²) in [6.07, 6.45) is 6.93. The van der Waals surface area contributed by atoms with Crippen LogP contribution in [0.3, 0.4) is 0 Å². The third-order valence-electron chi connectivity index (χ3n) is 4.90. The Balaban J connectivity index is 1.85. The second kappa shape index (κ2) is 6.44. The van der Waals surface area contributed by atoms with Crippen molar-refractivity contribution in [1.82, 2.24) is 4.90 Å². The lowest BCUT2D eigenvalue weighted by atomic mass is 9.76. The van der Waals surface area contributed by atoms with Crippen molar-refractivity contribution >= 4 is 11.8 Å². The van der Waals surface area contributed by atoms with Crippen LogP contribution in [0.15, 0.2) is 0 Å². The van der Waals surface area contributed by atoms with Crippen molar-refractivity contribution in [3.05, 3.63) is 0 Å². The van der Waals surface area contributed by atoms with Gasteiger partial charge in [-0.1, -0.05) is 26.2 Å². The van der Waals surface area contributed by atoms with Crippen LogP contribution >= 0.6 is 11.8 Å². The molecule has 1 saturated heterocycles. The molecule has 0 spiro atoms. The van der Waals surface area contributed by atoms with Gasteiger partial charge >= 0.3 is 0 Å². The molecule has 2 N–H and O–H groups in total. The first-order chi connectivity index (χ1) is 8.22. The summed E-state index contributed by atoms with van der Waals surface area (Å²) >= 11 is 2.08. The number of likely N-dealkylation sites (N-methyl/N-ethyl adjacent to an activating group) is 1. The summed E-state index contributed by atoms with van der Waals surface area (Å²) in [4.78, 5) is 2.49. The quantitative estimate of drug-likeness (QED) is 0.841. The van der Waals surface area contributed by atoms with Gasteiger partial charge < -0.3 is 10.6 Å².